The fourth-order valence-electron chi connectivity index (χ4n) is 4.08. The van der Waals surface area contributed by atoms with Gasteiger partial charge in [0, 0.05) is 12.1 Å². The molecule has 2 atom stereocenters. The fourth-order valence-corrected chi connectivity index (χ4v) is 4.08. The second-order valence-corrected chi connectivity index (χ2v) is 9.35. The summed E-state index contributed by atoms with van der Waals surface area (Å²) in [5, 5.41) is 14.1. The molecule has 0 saturated heterocycles. The van der Waals surface area contributed by atoms with Crippen molar-refractivity contribution in [3.63, 3.8) is 0 Å². The molecular weight excluding hydrogens is 374 g/mol. The van der Waals surface area contributed by atoms with E-state index in [1.807, 2.05) is 6.07 Å². The Hall–Kier alpha value is -1.88. The highest BCUT2D eigenvalue weighted by atomic mass is 16.5. The molecule has 1 aliphatic carbocycles. The van der Waals surface area contributed by atoms with Crippen molar-refractivity contribution in [2.75, 3.05) is 20.3 Å². The quantitative estimate of drug-likeness (QED) is 0.560. The molecule has 2 N–H and O–H groups in total. The zero-order valence-corrected chi connectivity index (χ0v) is 19.1. The van der Waals surface area contributed by atoms with Crippen LogP contribution in [0.2, 0.25) is 0 Å². The first-order valence-electron chi connectivity index (χ1n) is 11.0. The van der Waals surface area contributed by atoms with Crippen molar-refractivity contribution in [1.29, 1.82) is 0 Å². The first kappa shape index (κ1) is 22.8. The number of hydrogen-bond donors (Lipinski definition) is 2. The molecule has 4 heteroatoms. The van der Waals surface area contributed by atoms with Gasteiger partial charge in [-0.05, 0) is 81.2 Å². The lowest BCUT2D eigenvalue weighted by molar-refractivity contribution is -0.0213. The number of hydrogen-bond acceptors (Lipinski definition) is 4. The van der Waals surface area contributed by atoms with Crippen molar-refractivity contribution in [2.45, 2.75) is 64.7 Å². The number of ether oxygens (including phenoxy) is 2. The summed E-state index contributed by atoms with van der Waals surface area (Å²) in [6.07, 6.45) is 2.85. The normalized spacial score (nSPS) is 16.3. The summed E-state index contributed by atoms with van der Waals surface area (Å²) in [6, 6.07) is 14.7. The minimum absolute atomic E-state index is 0.0936. The van der Waals surface area contributed by atoms with Gasteiger partial charge in [0.25, 0.3) is 0 Å². The standard InChI is InChI=1S/C26H37NO3/c1-18-8-6-7-9-23(18)25(21-11-12-21)30-17-22(28)16-27-26(3,4)15-20-10-13-24(29-5)19(2)14-20/h6-10,13-14,21-22,25,27-28H,11-12,15-17H2,1-5H3/t22-,25-/m1/s1. The minimum atomic E-state index is -0.535. The maximum atomic E-state index is 10.6. The zero-order valence-electron chi connectivity index (χ0n) is 19.1. The molecule has 1 aliphatic rings. The smallest absolute Gasteiger partial charge is 0.121 e. The van der Waals surface area contributed by atoms with Gasteiger partial charge in [-0.15, -0.1) is 0 Å². The van der Waals surface area contributed by atoms with Gasteiger partial charge in [-0.3, -0.25) is 0 Å². The fraction of sp³-hybridized carbons (Fsp3) is 0.538. The third-order valence-electron chi connectivity index (χ3n) is 5.93. The molecule has 30 heavy (non-hydrogen) atoms. The Morgan fingerprint density at radius 1 is 1.10 bits per heavy atom. The van der Waals surface area contributed by atoms with E-state index in [0.29, 0.717) is 19.1 Å². The Bertz CT molecular complexity index is 829. The lowest BCUT2D eigenvalue weighted by Gasteiger charge is -2.29. The van der Waals surface area contributed by atoms with Gasteiger partial charge in [0.2, 0.25) is 0 Å². The van der Waals surface area contributed by atoms with E-state index in [4.69, 9.17) is 9.47 Å². The summed E-state index contributed by atoms with van der Waals surface area (Å²) in [6.45, 7) is 9.39. The van der Waals surface area contributed by atoms with Crippen molar-refractivity contribution in [1.82, 2.24) is 5.32 Å². The van der Waals surface area contributed by atoms with E-state index in [-0.39, 0.29) is 11.6 Å². The number of methoxy groups -OCH3 is 1. The Morgan fingerprint density at radius 2 is 1.83 bits per heavy atom. The Kier molecular flexibility index (Phi) is 7.56. The van der Waals surface area contributed by atoms with Gasteiger partial charge in [-0.2, -0.15) is 0 Å². The summed E-state index contributed by atoms with van der Waals surface area (Å²) in [5.74, 6) is 1.50. The van der Waals surface area contributed by atoms with Gasteiger partial charge in [0.1, 0.15) is 5.75 Å². The Morgan fingerprint density at radius 3 is 2.47 bits per heavy atom. The summed E-state index contributed by atoms with van der Waals surface area (Å²) < 4.78 is 11.6. The van der Waals surface area contributed by atoms with E-state index in [2.05, 4.69) is 69.4 Å². The molecule has 4 nitrogen and oxygen atoms in total. The largest absolute Gasteiger partial charge is 0.496 e. The van der Waals surface area contributed by atoms with Gasteiger partial charge in [-0.25, -0.2) is 0 Å². The summed E-state index contributed by atoms with van der Waals surface area (Å²) in [7, 11) is 1.70. The average Bonchev–Trinajstić information content (AvgIpc) is 3.53. The van der Waals surface area contributed by atoms with Crippen LogP contribution in [0.5, 0.6) is 5.75 Å². The number of benzene rings is 2. The maximum absolute atomic E-state index is 10.6. The van der Waals surface area contributed by atoms with Crippen molar-refractivity contribution < 1.29 is 14.6 Å². The molecule has 0 spiro atoms. The highest BCUT2D eigenvalue weighted by molar-refractivity contribution is 5.36. The van der Waals surface area contributed by atoms with Crippen LogP contribution in [0.1, 0.15) is 55.0 Å². The van der Waals surface area contributed by atoms with E-state index >= 15 is 0 Å². The first-order valence-corrected chi connectivity index (χ1v) is 11.0. The van der Waals surface area contributed by atoms with Gasteiger partial charge in [-0.1, -0.05) is 36.4 Å². The van der Waals surface area contributed by atoms with Crippen LogP contribution < -0.4 is 10.1 Å². The first-order chi connectivity index (χ1) is 14.3. The summed E-state index contributed by atoms with van der Waals surface area (Å²) in [4.78, 5) is 0. The van der Waals surface area contributed by atoms with Crippen molar-refractivity contribution in [2.24, 2.45) is 5.92 Å². The number of β-amino-alcohol motifs (C(OH)–C–C–N with tert-alkyl or cyclic N) is 1. The molecule has 164 valence electrons. The minimum Gasteiger partial charge on any atom is -0.496 e. The van der Waals surface area contributed by atoms with Crippen molar-refractivity contribution in [3.05, 3.63) is 64.7 Å². The topological polar surface area (TPSA) is 50.7 Å². The molecule has 0 unspecified atom stereocenters. The van der Waals surface area contributed by atoms with Gasteiger partial charge < -0.3 is 19.9 Å². The second-order valence-electron chi connectivity index (χ2n) is 9.35. The zero-order chi connectivity index (χ0) is 21.7. The molecule has 0 heterocycles. The number of aliphatic hydroxyl groups is 1. The molecule has 0 radical (unpaired) electrons. The predicted octanol–water partition coefficient (Wildman–Crippen LogP) is 4.75. The number of nitrogens with one attached hydrogen (secondary N) is 1. The average molecular weight is 412 g/mol. The summed E-state index contributed by atoms with van der Waals surface area (Å²) >= 11 is 0. The molecule has 0 aromatic heterocycles. The molecule has 0 amide bonds. The highest BCUT2D eigenvalue weighted by Gasteiger charge is 2.34. The molecule has 1 saturated carbocycles. The number of aryl methyl sites for hydroxylation is 2. The van der Waals surface area contributed by atoms with Gasteiger partial charge >= 0.3 is 0 Å². The van der Waals surface area contributed by atoms with E-state index in [0.717, 1.165) is 17.7 Å². The molecular formula is C26H37NO3. The Labute approximate surface area is 181 Å². The van der Waals surface area contributed by atoms with Gasteiger partial charge in [0.05, 0.1) is 25.9 Å². The Balaban J connectivity index is 1.50. The highest BCUT2D eigenvalue weighted by Crippen LogP contribution is 2.44. The molecule has 2 aromatic rings. The summed E-state index contributed by atoms with van der Waals surface area (Å²) in [5.41, 5.74) is 4.79. The molecule has 0 bridgehead atoms. The van der Waals surface area contributed by atoms with E-state index in [1.165, 1.54) is 29.5 Å². The predicted molar refractivity (Wildman–Crippen MR) is 122 cm³/mol. The van der Waals surface area contributed by atoms with Crippen molar-refractivity contribution in [3.8, 4) is 5.75 Å². The van der Waals surface area contributed by atoms with E-state index < -0.39 is 6.10 Å². The van der Waals surface area contributed by atoms with Crippen LogP contribution in [0.15, 0.2) is 42.5 Å². The van der Waals surface area contributed by atoms with E-state index in [1.54, 1.807) is 7.11 Å². The van der Waals surface area contributed by atoms with Crippen LogP contribution in [0.25, 0.3) is 0 Å². The maximum Gasteiger partial charge on any atom is 0.121 e. The van der Waals surface area contributed by atoms with Crippen LogP contribution in [-0.2, 0) is 11.2 Å². The van der Waals surface area contributed by atoms with Crippen LogP contribution >= 0.6 is 0 Å². The van der Waals surface area contributed by atoms with Crippen LogP contribution in [0.4, 0.5) is 0 Å². The van der Waals surface area contributed by atoms with Crippen LogP contribution in [-0.4, -0.2) is 37.0 Å². The van der Waals surface area contributed by atoms with Crippen molar-refractivity contribution >= 4 is 0 Å². The lowest BCUT2D eigenvalue weighted by Crippen LogP contribution is -2.46. The second kappa shape index (κ2) is 9.95. The number of aliphatic hydroxyl groups excluding tert-OH is 1. The lowest BCUT2D eigenvalue weighted by atomic mass is 9.93. The number of rotatable bonds is 11. The monoisotopic (exact) mass is 411 g/mol. The van der Waals surface area contributed by atoms with Crippen LogP contribution in [0, 0.1) is 19.8 Å². The molecule has 1 fully saturated rings. The third-order valence-corrected chi connectivity index (χ3v) is 5.93. The molecule has 0 aliphatic heterocycles. The van der Waals surface area contributed by atoms with Crippen LogP contribution in [0.3, 0.4) is 0 Å². The molecule has 2 aromatic carbocycles. The van der Waals surface area contributed by atoms with E-state index in [9.17, 15) is 5.11 Å². The molecule has 3 rings (SSSR count). The van der Waals surface area contributed by atoms with Gasteiger partial charge in [0.15, 0.2) is 0 Å². The third kappa shape index (κ3) is 6.31. The SMILES string of the molecule is COc1ccc(CC(C)(C)NC[C@@H](O)CO[C@@H](c2ccccc2C)C2CC2)cc1C.